The Morgan fingerprint density at radius 1 is 1.39 bits per heavy atom. The summed E-state index contributed by atoms with van der Waals surface area (Å²) < 4.78 is 5.88. The lowest BCUT2D eigenvalue weighted by molar-refractivity contribution is -0.153. The number of amides is 1. The zero-order valence-electron chi connectivity index (χ0n) is 14.3. The van der Waals surface area contributed by atoms with Crippen molar-refractivity contribution in [1.82, 2.24) is 4.90 Å². The standard InChI is InChI=1S/C19H26N2O2/c1-19(2)17(14-9-11-23-18(14)19)20(3)12-16(22)21-10-8-13-6-4-5-7-15(13)21/h4-7,14,17-18H,8-12H2,1-3H3/t14-,17-,18+/m1/s1. The Morgan fingerprint density at radius 3 is 3.00 bits per heavy atom. The van der Waals surface area contributed by atoms with Crippen molar-refractivity contribution in [1.29, 1.82) is 0 Å². The fourth-order valence-corrected chi connectivity index (χ4v) is 5.19. The number of para-hydroxylation sites is 1. The highest BCUT2D eigenvalue weighted by molar-refractivity contribution is 5.96. The Bertz CT molecular complexity index is 628. The van der Waals surface area contributed by atoms with Crippen molar-refractivity contribution in [3.63, 3.8) is 0 Å². The average Bonchev–Trinajstić information content (AvgIpc) is 3.11. The van der Waals surface area contributed by atoms with Gasteiger partial charge >= 0.3 is 0 Å². The van der Waals surface area contributed by atoms with Gasteiger partial charge in [0.2, 0.25) is 5.91 Å². The van der Waals surface area contributed by atoms with E-state index in [1.807, 2.05) is 11.0 Å². The van der Waals surface area contributed by atoms with Crippen LogP contribution in [0.2, 0.25) is 0 Å². The van der Waals surface area contributed by atoms with Crippen molar-refractivity contribution in [2.24, 2.45) is 11.3 Å². The number of carbonyl (C=O) groups excluding carboxylic acids is 1. The molecule has 4 nitrogen and oxygen atoms in total. The summed E-state index contributed by atoms with van der Waals surface area (Å²) in [6.45, 7) is 6.73. The van der Waals surface area contributed by atoms with Gasteiger partial charge in [-0.3, -0.25) is 9.69 Å². The van der Waals surface area contributed by atoms with E-state index in [1.54, 1.807) is 0 Å². The number of benzene rings is 1. The van der Waals surface area contributed by atoms with E-state index in [0.717, 1.165) is 31.7 Å². The van der Waals surface area contributed by atoms with Gasteiger partial charge in [0.25, 0.3) is 0 Å². The maximum atomic E-state index is 12.8. The van der Waals surface area contributed by atoms with Gasteiger partial charge in [0.15, 0.2) is 0 Å². The zero-order chi connectivity index (χ0) is 16.2. The molecule has 0 radical (unpaired) electrons. The first-order valence-electron chi connectivity index (χ1n) is 8.70. The molecule has 4 rings (SSSR count). The van der Waals surface area contributed by atoms with Crippen LogP contribution in [-0.2, 0) is 16.0 Å². The molecule has 0 spiro atoms. The lowest BCUT2D eigenvalue weighted by Gasteiger charge is -2.57. The number of likely N-dealkylation sites (N-methyl/N-ethyl adjacent to an activating group) is 1. The lowest BCUT2D eigenvalue weighted by atomic mass is 9.57. The lowest BCUT2D eigenvalue weighted by Crippen LogP contribution is -2.66. The van der Waals surface area contributed by atoms with Gasteiger partial charge in [-0.1, -0.05) is 32.0 Å². The van der Waals surface area contributed by atoms with E-state index in [9.17, 15) is 4.79 Å². The Labute approximate surface area is 138 Å². The van der Waals surface area contributed by atoms with Crippen LogP contribution in [-0.4, -0.2) is 49.7 Å². The first kappa shape index (κ1) is 15.2. The average molecular weight is 314 g/mol. The molecule has 1 aromatic carbocycles. The Kier molecular flexibility index (Phi) is 3.50. The summed E-state index contributed by atoms with van der Waals surface area (Å²) in [4.78, 5) is 17.0. The first-order valence-corrected chi connectivity index (χ1v) is 8.70. The van der Waals surface area contributed by atoms with E-state index >= 15 is 0 Å². The molecule has 1 aromatic rings. The normalized spacial score (nSPS) is 31.0. The molecule has 2 aliphatic heterocycles. The topological polar surface area (TPSA) is 32.8 Å². The summed E-state index contributed by atoms with van der Waals surface area (Å²) in [5, 5.41) is 0. The molecule has 1 saturated carbocycles. The molecule has 2 fully saturated rings. The summed E-state index contributed by atoms with van der Waals surface area (Å²) in [5.74, 6) is 0.810. The van der Waals surface area contributed by atoms with Crippen LogP contribution in [0.15, 0.2) is 24.3 Å². The van der Waals surface area contributed by atoms with Crippen LogP contribution in [0.3, 0.4) is 0 Å². The molecule has 2 heterocycles. The van der Waals surface area contributed by atoms with E-state index in [0.29, 0.717) is 24.6 Å². The van der Waals surface area contributed by atoms with Gasteiger partial charge < -0.3 is 9.64 Å². The number of hydrogen-bond donors (Lipinski definition) is 0. The molecule has 4 heteroatoms. The first-order chi connectivity index (χ1) is 11.0. The second-order valence-electron chi connectivity index (χ2n) is 7.85. The van der Waals surface area contributed by atoms with Crippen LogP contribution in [0.1, 0.15) is 25.8 Å². The van der Waals surface area contributed by atoms with Gasteiger partial charge in [0, 0.05) is 36.2 Å². The minimum Gasteiger partial charge on any atom is -0.377 e. The summed E-state index contributed by atoms with van der Waals surface area (Å²) in [6.07, 6.45) is 2.47. The molecule has 0 N–H and O–H groups in total. The van der Waals surface area contributed by atoms with Gasteiger partial charge in [0.1, 0.15) is 0 Å². The highest BCUT2D eigenvalue weighted by Crippen LogP contribution is 2.54. The molecule has 124 valence electrons. The number of anilines is 1. The molecule has 3 aliphatic rings. The number of fused-ring (bicyclic) bond motifs is 2. The number of hydrogen-bond acceptors (Lipinski definition) is 3. The van der Waals surface area contributed by atoms with Gasteiger partial charge in [-0.15, -0.1) is 0 Å². The fourth-order valence-electron chi connectivity index (χ4n) is 5.19. The minimum absolute atomic E-state index is 0.138. The summed E-state index contributed by atoms with van der Waals surface area (Å²) in [6, 6.07) is 8.70. The fraction of sp³-hybridized carbons (Fsp3) is 0.632. The predicted molar refractivity (Wildman–Crippen MR) is 90.5 cm³/mol. The molecule has 0 unspecified atom stereocenters. The molecular formula is C19H26N2O2. The minimum atomic E-state index is 0.138. The third-order valence-corrected chi connectivity index (χ3v) is 6.09. The molecule has 23 heavy (non-hydrogen) atoms. The summed E-state index contributed by atoms with van der Waals surface area (Å²) in [5.41, 5.74) is 2.52. The van der Waals surface area contributed by atoms with Gasteiger partial charge in [-0.05, 0) is 31.5 Å². The van der Waals surface area contributed by atoms with Crippen molar-refractivity contribution < 1.29 is 9.53 Å². The number of nitrogens with zero attached hydrogens (tertiary/aromatic N) is 2. The zero-order valence-corrected chi connectivity index (χ0v) is 14.3. The third-order valence-electron chi connectivity index (χ3n) is 6.09. The monoisotopic (exact) mass is 314 g/mol. The van der Waals surface area contributed by atoms with E-state index in [4.69, 9.17) is 4.74 Å². The van der Waals surface area contributed by atoms with Gasteiger partial charge in [-0.25, -0.2) is 0 Å². The molecule has 1 amide bonds. The van der Waals surface area contributed by atoms with Crippen LogP contribution in [0, 0.1) is 11.3 Å². The summed E-state index contributed by atoms with van der Waals surface area (Å²) >= 11 is 0. The maximum Gasteiger partial charge on any atom is 0.241 e. The Hall–Kier alpha value is -1.39. The van der Waals surface area contributed by atoms with E-state index < -0.39 is 0 Å². The van der Waals surface area contributed by atoms with Crippen LogP contribution >= 0.6 is 0 Å². The molecular weight excluding hydrogens is 288 g/mol. The number of rotatable bonds is 3. The highest BCUT2D eigenvalue weighted by Gasteiger charge is 2.60. The largest absolute Gasteiger partial charge is 0.377 e. The van der Waals surface area contributed by atoms with Crippen molar-refractivity contribution in [3.8, 4) is 0 Å². The van der Waals surface area contributed by atoms with E-state index in [1.165, 1.54) is 5.56 Å². The molecule has 0 bridgehead atoms. The molecule has 3 atom stereocenters. The van der Waals surface area contributed by atoms with Crippen molar-refractivity contribution in [3.05, 3.63) is 29.8 Å². The molecule has 1 aliphatic carbocycles. The maximum absolute atomic E-state index is 12.8. The predicted octanol–water partition coefficient (Wildman–Crippen LogP) is 2.32. The van der Waals surface area contributed by atoms with Crippen LogP contribution in [0.25, 0.3) is 0 Å². The SMILES string of the molecule is CN(CC(=O)N1CCc2ccccc21)[C@@H]1[C@H]2CCO[C@@H]2C1(C)C. The van der Waals surface area contributed by atoms with Crippen molar-refractivity contribution in [2.45, 2.75) is 38.8 Å². The van der Waals surface area contributed by atoms with E-state index in [2.05, 4.69) is 44.0 Å². The van der Waals surface area contributed by atoms with E-state index in [-0.39, 0.29) is 11.3 Å². The van der Waals surface area contributed by atoms with Crippen LogP contribution < -0.4 is 4.90 Å². The molecule has 1 saturated heterocycles. The molecule has 0 aromatic heterocycles. The van der Waals surface area contributed by atoms with Crippen LogP contribution in [0.4, 0.5) is 5.69 Å². The van der Waals surface area contributed by atoms with Crippen molar-refractivity contribution in [2.75, 3.05) is 31.6 Å². The smallest absolute Gasteiger partial charge is 0.241 e. The van der Waals surface area contributed by atoms with Crippen LogP contribution in [0.5, 0.6) is 0 Å². The second-order valence-corrected chi connectivity index (χ2v) is 7.85. The van der Waals surface area contributed by atoms with Gasteiger partial charge in [-0.2, -0.15) is 0 Å². The quantitative estimate of drug-likeness (QED) is 0.858. The second kappa shape index (κ2) is 5.32. The summed E-state index contributed by atoms with van der Waals surface area (Å²) in [7, 11) is 2.10. The van der Waals surface area contributed by atoms with Gasteiger partial charge in [0.05, 0.1) is 12.6 Å². The Balaban J connectivity index is 1.45. The number of carbonyl (C=O) groups is 1. The Morgan fingerprint density at radius 2 is 2.17 bits per heavy atom. The highest BCUT2D eigenvalue weighted by atomic mass is 16.5. The number of ether oxygens (including phenoxy) is 1. The van der Waals surface area contributed by atoms with Crippen molar-refractivity contribution >= 4 is 11.6 Å². The third kappa shape index (κ3) is 2.23.